The molecule has 0 amide bonds. The quantitative estimate of drug-likeness (QED) is 0.691. The van der Waals surface area contributed by atoms with Gasteiger partial charge in [-0.3, -0.25) is 0 Å². The Labute approximate surface area is 156 Å². The van der Waals surface area contributed by atoms with Gasteiger partial charge < -0.3 is 4.74 Å². The molecular weight excluding hydrogens is 318 g/mol. The molecule has 1 unspecified atom stereocenters. The van der Waals surface area contributed by atoms with Crippen molar-refractivity contribution in [3.05, 3.63) is 59.7 Å². The van der Waals surface area contributed by atoms with Crippen molar-refractivity contribution in [2.75, 3.05) is 13.2 Å². The summed E-state index contributed by atoms with van der Waals surface area (Å²) in [5.41, 5.74) is 4.61. The first-order valence-electron chi connectivity index (χ1n) is 10.0. The maximum absolute atomic E-state index is 8.92. The molecule has 2 fully saturated rings. The highest BCUT2D eigenvalue weighted by Crippen LogP contribution is 2.41. The van der Waals surface area contributed by atoms with E-state index >= 15 is 0 Å². The molecule has 1 aliphatic carbocycles. The number of hydrogen-bond acceptors (Lipinski definition) is 2. The van der Waals surface area contributed by atoms with Crippen molar-refractivity contribution in [3.8, 4) is 17.2 Å². The largest absolute Gasteiger partial charge is 0.381 e. The van der Waals surface area contributed by atoms with Crippen LogP contribution in [0.15, 0.2) is 48.5 Å². The molecule has 134 valence electrons. The van der Waals surface area contributed by atoms with E-state index in [1.165, 1.54) is 55.2 Å². The zero-order valence-electron chi connectivity index (χ0n) is 15.4. The predicted molar refractivity (Wildman–Crippen MR) is 105 cm³/mol. The number of hydrogen-bond donors (Lipinski definition) is 0. The molecule has 1 saturated carbocycles. The van der Waals surface area contributed by atoms with Gasteiger partial charge in [0.1, 0.15) is 0 Å². The lowest BCUT2D eigenvalue weighted by molar-refractivity contribution is 0.0210. The second-order valence-electron chi connectivity index (χ2n) is 7.90. The Morgan fingerprint density at radius 3 is 2.00 bits per heavy atom. The molecule has 0 bridgehead atoms. The molecule has 0 radical (unpaired) electrons. The molecule has 0 spiro atoms. The van der Waals surface area contributed by atoms with E-state index in [0.29, 0.717) is 11.5 Å². The van der Waals surface area contributed by atoms with Crippen LogP contribution < -0.4 is 0 Å². The van der Waals surface area contributed by atoms with Gasteiger partial charge in [-0.05, 0) is 85.1 Å². The maximum Gasteiger partial charge on any atom is 0.0991 e. The number of nitrogens with zero attached hydrogens (tertiary/aromatic N) is 1. The van der Waals surface area contributed by atoms with Crippen molar-refractivity contribution in [2.24, 2.45) is 11.8 Å². The summed E-state index contributed by atoms with van der Waals surface area (Å²) in [6.07, 6.45) is 7.97. The van der Waals surface area contributed by atoms with Crippen molar-refractivity contribution < 1.29 is 4.74 Å². The van der Waals surface area contributed by atoms with E-state index in [9.17, 15) is 0 Å². The molecule has 2 heteroatoms. The van der Waals surface area contributed by atoms with Crippen molar-refractivity contribution in [1.82, 2.24) is 0 Å². The molecule has 2 aromatic carbocycles. The van der Waals surface area contributed by atoms with Gasteiger partial charge in [0, 0.05) is 13.2 Å². The third kappa shape index (κ3) is 3.84. The fraction of sp³-hybridized carbons (Fsp3) is 0.458. The van der Waals surface area contributed by atoms with Gasteiger partial charge in [0.05, 0.1) is 11.6 Å². The summed E-state index contributed by atoms with van der Waals surface area (Å²) in [6, 6.07) is 19.1. The van der Waals surface area contributed by atoms with E-state index in [4.69, 9.17) is 10.00 Å². The number of nitriles is 1. The summed E-state index contributed by atoms with van der Waals surface area (Å²) in [5, 5.41) is 8.92. The Hall–Kier alpha value is -2.11. The van der Waals surface area contributed by atoms with Crippen LogP contribution in [0, 0.1) is 23.2 Å². The van der Waals surface area contributed by atoms with Crippen LogP contribution in [0.25, 0.3) is 11.1 Å². The Morgan fingerprint density at radius 2 is 1.42 bits per heavy atom. The highest BCUT2D eigenvalue weighted by Gasteiger charge is 2.29. The minimum absolute atomic E-state index is 0.713. The van der Waals surface area contributed by atoms with Gasteiger partial charge >= 0.3 is 0 Å². The Morgan fingerprint density at radius 1 is 0.769 bits per heavy atom. The van der Waals surface area contributed by atoms with Crippen LogP contribution in [-0.4, -0.2) is 13.2 Å². The highest BCUT2D eigenvalue weighted by molar-refractivity contribution is 5.64. The fourth-order valence-electron chi connectivity index (χ4n) is 4.75. The second-order valence-corrected chi connectivity index (χ2v) is 7.90. The lowest BCUT2D eigenvalue weighted by Crippen LogP contribution is -2.28. The molecule has 2 aromatic rings. The van der Waals surface area contributed by atoms with E-state index in [0.717, 1.165) is 25.0 Å². The van der Waals surface area contributed by atoms with Crippen molar-refractivity contribution in [1.29, 1.82) is 5.26 Å². The molecule has 0 aromatic heterocycles. The van der Waals surface area contributed by atoms with E-state index in [1.807, 2.05) is 24.3 Å². The van der Waals surface area contributed by atoms with Crippen LogP contribution in [0.4, 0.5) is 0 Å². The van der Waals surface area contributed by atoms with E-state index in [1.54, 1.807) is 0 Å². The number of benzene rings is 2. The molecular formula is C24H27NO. The predicted octanol–water partition coefficient (Wildman–Crippen LogP) is 5.93. The van der Waals surface area contributed by atoms with Crippen molar-refractivity contribution in [3.63, 3.8) is 0 Å². The summed E-state index contributed by atoms with van der Waals surface area (Å²) in [6.45, 7) is 1.96. The lowest BCUT2D eigenvalue weighted by atomic mass is 9.72. The third-order valence-electron chi connectivity index (χ3n) is 6.36. The Bertz CT molecular complexity index is 742. The Kier molecular flexibility index (Phi) is 5.37. The van der Waals surface area contributed by atoms with Gasteiger partial charge in [0.2, 0.25) is 0 Å². The van der Waals surface area contributed by atoms with Crippen molar-refractivity contribution in [2.45, 2.75) is 44.4 Å². The molecule has 1 aliphatic heterocycles. The van der Waals surface area contributed by atoms with Crippen LogP contribution in [0.1, 0.15) is 55.6 Å². The summed E-state index contributed by atoms with van der Waals surface area (Å²) in [7, 11) is 0. The van der Waals surface area contributed by atoms with Gasteiger partial charge in [-0.1, -0.05) is 36.4 Å². The van der Waals surface area contributed by atoms with E-state index in [2.05, 4.69) is 30.3 Å². The van der Waals surface area contributed by atoms with Gasteiger partial charge in [0.15, 0.2) is 0 Å². The molecule has 26 heavy (non-hydrogen) atoms. The zero-order chi connectivity index (χ0) is 17.8. The summed E-state index contributed by atoms with van der Waals surface area (Å²) in [5.74, 6) is 2.40. The first-order chi connectivity index (χ1) is 12.8. The average Bonchev–Trinajstić information content (AvgIpc) is 2.75. The first kappa shape index (κ1) is 17.3. The van der Waals surface area contributed by atoms with Crippen LogP contribution in [-0.2, 0) is 4.74 Å². The normalized spacial score (nSPS) is 26.2. The van der Waals surface area contributed by atoms with E-state index < -0.39 is 0 Å². The first-order valence-corrected chi connectivity index (χ1v) is 10.0. The molecule has 1 atom stereocenters. The molecule has 4 rings (SSSR count). The van der Waals surface area contributed by atoms with E-state index in [-0.39, 0.29) is 0 Å². The molecule has 2 nitrogen and oxygen atoms in total. The minimum atomic E-state index is 0.713. The fourth-order valence-corrected chi connectivity index (χ4v) is 4.75. The van der Waals surface area contributed by atoms with Crippen LogP contribution in [0.3, 0.4) is 0 Å². The second kappa shape index (κ2) is 8.06. The molecule has 2 aliphatic rings. The Balaban J connectivity index is 1.37. The van der Waals surface area contributed by atoms with Crippen LogP contribution in [0.5, 0.6) is 0 Å². The standard InChI is InChI=1S/C24H27NO/c25-16-18-3-5-19(6-4-18)20-7-9-21(10-8-20)22-11-13-23(14-12-22)24-2-1-15-26-17-24/h3-10,22-24H,1-2,11-15,17H2. The highest BCUT2D eigenvalue weighted by atomic mass is 16.5. The molecule has 1 saturated heterocycles. The minimum Gasteiger partial charge on any atom is -0.381 e. The van der Waals surface area contributed by atoms with Gasteiger partial charge in [-0.15, -0.1) is 0 Å². The molecule has 0 N–H and O–H groups in total. The monoisotopic (exact) mass is 345 g/mol. The summed E-state index contributed by atoms with van der Waals surface area (Å²) < 4.78 is 5.70. The van der Waals surface area contributed by atoms with Crippen LogP contribution in [0.2, 0.25) is 0 Å². The van der Waals surface area contributed by atoms with Gasteiger partial charge in [0.25, 0.3) is 0 Å². The number of rotatable bonds is 3. The smallest absolute Gasteiger partial charge is 0.0991 e. The molecule has 1 heterocycles. The lowest BCUT2D eigenvalue weighted by Gasteiger charge is -2.35. The van der Waals surface area contributed by atoms with Crippen molar-refractivity contribution >= 4 is 0 Å². The third-order valence-corrected chi connectivity index (χ3v) is 6.36. The SMILES string of the molecule is N#Cc1ccc(-c2ccc(C3CCC(C4CCCOC4)CC3)cc2)cc1. The average molecular weight is 345 g/mol. The summed E-state index contributed by atoms with van der Waals surface area (Å²) in [4.78, 5) is 0. The van der Waals surface area contributed by atoms with Crippen LogP contribution >= 0.6 is 0 Å². The summed E-state index contributed by atoms with van der Waals surface area (Å²) >= 11 is 0. The van der Waals surface area contributed by atoms with Gasteiger partial charge in [-0.2, -0.15) is 5.26 Å². The van der Waals surface area contributed by atoms with Gasteiger partial charge in [-0.25, -0.2) is 0 Å². The topological polar surface area (TPSA) is 33.0 Å². The maximum atomic E-state index is 8.92. The zero-order valence-corrected chi connectivity index (χ0v) is 15.4. The number of ether oxygens (including phenoxy) is 1.